The van der Waals surface area contributed by atoms with Crippen molar-refractivity contribution in [2.45, 2.75) is 20.0 Å². The molecule has 4 nitrogen and oxygen atoms in total. The van der Waals surface area contributed by atoms with Crippen molar-refractivity contribution in [1.82, 2.24) is 0 Å². The van der Waals surface area contributed by atoms with Crippen LogP contribution < -0.4 is 5.32 Å². The minimum Gasteiger partial charge on any atom is -0.456 e. The van der Waals surface area contributed by atoms with E-state index in [9.17, 15) is 9.59 Å². The first kappa shape index (κ1) is 11.2. The molecule has 0 fully saturated rings. The summed E-state index contributed by atoms with van der Waals surface area (Å²) < 4.78 is 4.73. The highest BCUT2D eigenvalue weighted by Gasteiger charge is 2.16. The Kier molecular flexibility index (Phi) is 3.85. The molecular formula is C11H13NO3. The molecule has 1 amide bonds. The summed E-state index contributed by atoms with van der Waals surface area (Å²) in [6.07, 6.45) is -0.293. The second-order valence-corrected chi connectivity index (χ2v) is 3.27. The number of esters is 1. The van der Waals surface area contributed by atoms with E-state index in [2.05, 4.69) is 5.32 Å². The van der Waals surface area contributed by atoms with Gasteiger partial charge in [0, 0.05) is 5.69 Å². The number of hydrogen-bond donors (Lipinski definition) is 1. The van der Waals surface area contributed by atoms with E-state index < -0.39 is 11.9 Å². The topological polar surface area (TPSA) is 55.4 Å². The number of para-hydroxylation sites is 1. The minimum atomic E-state index is -0.867. The number of hydrogen-bond acceptors (Lipinski definition) is 3. The monoisotopic (exact) mass is 207 g/mol. The van der Waals surface area contributed by atoms with Gasteiger partial charge in [-0.2, -0.15) is 0 Å². The summed E-state index contributed by atoms with van der Waals surface area (Å²) in [5, 5.41) is 2.43. The molecule has 0 aliphatic rings. The summed E-state index contributed by atoms with van der Waals surface area (Å²) in [5.41, 5.74) is 0.572. The first-order valence-corrected chi connectivity index (χ1v) is 4.66. The lowest BCUT2D eigenvalue weighted by molar-refractivity contribution is -0.155. The molecule has 0 radical (unpaired) electrons. The third kappa shape index (κ3) is 3.81. The van der Waals surface area contributed by atoms with Crippen molar-refractivity contribution in [2.75, 3.05) is 5.32 Å². The van der Waals surface area contributed by atoms with E-state index in [4.69, 9.17) is 4.74 Å². The molecule has 0 atom stereocenters. The molecule has 0 saturated carbocycles. The van der Waals surface area contributed by atoms with Crippen molar-refractivity contribution >= 4 is 17.6 Å². The molecule has 0 aromatic heterocycles. The average Bonchev–Trinajstić information content (AvgIpc) is 2.18. The Balaban J connectivity index is 2.53. The molecule has 1 rings (SSSR count). The van der Waals surface area contributed by atoms with Crippen LogP contribution >= 0.6 is 0 Å². The van der Waals surface area contributed by atoms with E-state index in [1.54, 1.807) is 38.1 Å². The second-order valence-electron chi connectivity index (χ2n) is 3.27. The van der Waals surface area contributed by atoms with Gasteiger partial charge in [-0.05, 0) is 26.0 Å². The average molecular weight is 207 g/mol. The fourth-order valence-corrected chi connectivity index (χ4v) is 0.971. The normalized spacial score (nSPS) is 9.80. The lowest BCUT2D eigenvalue weighted by Crippen LogP contribution is -2.27. The molecule has 0 unspecified atom stereocenters. The maximum Gasteiger partial charge on any atom is 0.397 e. The highest BCUT2D eigenvalue weighted by Crippen LogP contribution is 2.05. The molecule has 0 saturated heterocycles. The molecule has 1 aromatic carbocycles. The highest BCUT2D eigenvalue weighted by molar-refractivity contribution is 6.37. The highest BCUT2D eigenvalue weighted by atomic mass is 16.5. The summed E-state index contributed by atoms with van der Waals surface area (Å²) in [4.78, 5) is 22.4. The Morgan fingerprint density at radius 1 is 1.20 bits per heavy atom. The van der Waals surface area contributed by atoms with Crippen LogP contribution in [0.1, 0.15) is 13.8 Å². The van der Waals surface area contributed by atoms with Gasteiger partial charge >= 0.3 is 11.9 Å². The molecular weight excluding hydrogens is 194 g/mol. The van der Waals surface area contributed by atoms with Crippen LogP contribution in [0.4, 0.5) is 5.69 Å². The molecule has 80 valence electrons. The van der Waals surface area contributed by atoms with Crippen LogP contribution in [0.2, 0.25) is 0 Å². The summed E-state index contributed by atoms with van der Waals surface area (Å²) in [6, 6.07) is 8.75. The number of carbonyl (C=O) groups is 2. The van der Waals surface area contributed by atoms with Gasteiger partial charge in [0.15, 0.2) is 0 Å². The van der Waals surface area contributed by atoms with Crippen molar-refractivity contribution in [1.29, 1.82) is 0 Å². The molecule has 0 aliphatic heterocycles. The first-order valence-electron chi connectivity index (χ1n) is 4.66. The van der Waals surface area contributed by atoms with Crippen molar-refractivity contribution in [3.63, 3.8) is 0 Å². The summed E-state index contributed by atoms with van der Waals surface area (Å²) in [5.74, 6) is -1.62. The number of nitrogens with one attached hydrogen (secondary N) is 1. The number of anilines is 1. The summed E-state index contributed by atoms with van der Waals surface area (Å²) in [7, 11) is 0. The van der Waals surface area contributed by atoms with Crippen LogP contribution in [-0.4, -0.2) is 18.0 Å². The van der Waals surface area contributed by atoms with Crippen LogP contribution in [0.5, 0.6) is 0 Å². The fourth-order valence-electron chi connectivity index (χ4n) is 0.971. The Hall–Kier alpha value is -1.84. The molecule has 15 heavy (non-hydrogen) atoms. The van der Waals surface area contributed by atoms with Gasteiger partial charge in [0.2, 0.25) is 0 Å². The lowest BCUT2D eigenvalue weighted by atomic mass is 10.3. The zero-order chi connectivity index (χ0) is 11.3. The zero-order valence-corrected chi connectivity index (χ0v) is 8.69. The maximum atomic E-state index is 11.3. The third-order valence-corrected chi connectivity index (χ3v) is 1.56. The largest absolute Gasteiger partial charge is 0.456 e. The van der Waals surface area contributed by atoms with Crippen molar-refractivity contribution in [3.8, 4) is 0 Å². The Labute approximate surface area is 88.2 Å². The van der Waals surface area contributed by atoms with Gasteiger partial charge in [0.05, 0.1) is 6.10 Å². The Bertz CT molecular complexity index is 346. The van der Waals surface area contributed by atoms with E-state index >= 15 is 0 Å². The second kappa shape index (κ2) is 5.14. The van der Waals surface area contributed by atoms with E-state index in [0.717, 1.165) is 0 Å². The fraction of sp³-hybridized carbons (Fsp3) is 0.273. The smallest absolute Gasteiger partial charge is 0.397 e. The molecule has 0 aliphatic carbocycles. The van der Waals surface area contributed by atoms with Gasteiger partial charge in [-0.1, -0.05) is 18.2 Å². The summed E-state index contributed by atoms with van der Waals surface area (Å²) in [6.45, 7) is 3.38. The number of amides is 1. The molecule has 0 spiro atoms. The van der Waals surface area contributed by atoms with E-state index in [-0.39, 0.29) is 6.10 Å². The number of ether oxygens (including phenoxy) is 1. The number of carbonyl (C=O) groups excluding carboxylic acids is 2. The van der Waals surface area contributed by atoms with Crippen LogP contribution in [0.3, 0.4) is 0 Å². The van der Waals surface area contributed by atoms with Crippen LogP contribution in [0, 0.1) is 0 Å². The van der Waals surface area contributed by atoms with Crippen LogP contribution in [-0.2, 0) is 14.3 Å². The number of rotatable bonds is 2. The van der Waals surface area contributed by atoms with Crippen molar-refractivity contribution in [2.24, 2.45) is 0 Å². The Morgan fingerprint density at radius 3 is 2.33 bits per heavy atom. The molecule has 1 aromatic rings. The standard InChI is InChI=1S/C11H13NO3/c1-8(2)15-11(14)10(13)12-9-6-4-3-5-7-9/h3-8H,1-2H3,(H,12,13). The van der Waals surface area contributed by atoms with Crippen LogP contribution in [0.15, 0.2) is 30.3 Å². The zero-order valence-electron chi connectivity index (χ0n) is 8.69. The van der Waals surface area contributed by atoms with Crippen LogP contribution in [0.25, 0.3) is 0 Å². The van der Waals surface area contributed by atoms with Crippen molar-refractivity contribution < 1.29 is 14.3 Å². The van der Waals surface area contributed by atoms with Gasteiger partial charge in [-0.25, -0.2) is 4.79 Å². The third-order valence-electron chi connectivity index (χ3n) is 1.56. The predicted molar refractivity (Wildman–Crippen MR) is 56.3 cm³/mol. The molecule has 1 N–H and O–H groups in total. The Morgan fingerprint density at radius 2 is 1.80 bits per heavy atom. The van der Waals surface area contributed by atoms with Gasteiger partial charge in [-0.15, -0.1) is 0 Å². The molecule has 0 bridgehead atoms. The molecule has 4 heteroatoms. The van der Waals surface area contributed by atoms with E-state index in [1.807, 2.05) is 6.07 Å². The molecule has 0 heterocycles. The number of benzene rings is 1. The van der Waals surface area contributed by atoms with Gasteiger partial charge in [0.25, 0.3) is 0 Å². The van der Waals surface area contributed by atoms with E-state index in [1.165, 1.54) is 0 Å². The summed E-state index contributed by atoms with van der Waals surface area (Å²) >= 11 is 0. The van der Waals surface area contributed by atoms with Gasteiger partial charge < -0.3 is 10.1 Å². The first-order chi connectivity index (χ1) is 7.09. The maximum absolute atomic E-state index is 11.3. The predicted octanol–water partition coefficient (Wildman–Crippen LogP) is 1.58. The quantitative estimate of drug-likeness (QED) is 0.591. The van der Waals surface area contributed by atoms with Gasteiger partial charge in [-0.3, -0.25) is 4.79 Å². The van der Waals surface area contributed by atoms with Gasteiger partial charge in [0.1, 0.15) is 0 Å². The lowest BCUT2D eigenvalue weighted by Gasteiger charge is -2.07. The minimum absolute atomic E-state index is 0.293. The SMILES string of the molecule is CC(C)OC(=O)C(=O)Nc1ccccc1. The van der Waals surface area contributed by atoms with Crippen molar-refractivity contribution in [3.05, 3.63) is 30.3 Å². The van der Waals surface area contributed by atoms with E-state index in [0.29, 0.717) is 5.69 Å².